The zero-order valence-corrected chi connectivity index (χ0v) is 16.5. The Morgan fingerprint density at radius 1 is 1.26 bits per heavy atom. The Bertz CT molecular complexity index is 874. The molecule has 0 aliphatic heterocycles. The second kappa shape index (κ2) is 9.86. The zero-order valence-electron chi connectivity index (χ0n) is 14.3. The van der Waals surface area contributed by atoms with Crippen molar-refractivity contribution in [3.05, 3.63) is 51.3 Å². The van der Waals surface area contributed by atoms with Gasteiger partial charge in [-0.25, -0.2) is 9.82 Å². The molecule has 0 fully saturated rings. The Morgan fingerprint density at radius 2 is 1.96 bits per heavy atom. The number of carbonyl (C=O) groups is 2. The van der Waals surface area contributed by atoms with Crippen LogP contribution in [0.1, 0.15) is 18.4 Å². The number of nitrogens with one attached hydrogen (secondary N) is 2. The topological polar surface area (TPSA) is 100 Å². The van der Waals surface area contributed by atoms with Crippen molar-refractivity contribution in [2.45, 2.75) is 12.8 Å². The van der Waals surface area contributed by atoms with Crippen molar-refractivity contribution in [2.24, 2.45) is 5.10 Å². The average molecular weight is 485 g/mol. The van der Waals surface area contributed by atoms with E-state index < -0.39 is 17.6 Å². The number of halogens is 2. The molecule has 27 heavy (non-hydrogen) atoms. The fraction of sp³-hybridized carbons (Fsp3) is 0.167. The van der Waals surface area contributed by atoms with Gasteiger partial charge in [0.15, 0.2) is 11.5 Å². The lowest BCUT2D eigenvalue weighted by Crippen LogP contribution is -2.21. The number of hydrogen-bond acceptors (Lipinski definition) is 5. The summed E-state index contributed by atoms with van der Waals surface area (Å²) in [4.78, 5) is 23.5. The van der Waals surface area contributed by atoms with E-state index in [0.717, 1.165) is 0 Å². The van der Waals surface area contributed by atoms with Gasteiger partial charge >= 0.3 is 0 Å². The van der Waals surface area contributed by atoms with Crippen LogP contribution in [-0.4, -0.2) is 30.2 Å². The quantitative estimate of drug-likeness (QED) is 0.319. The molecule has 0 saturated carbocycles. The number of amides is 2. The normalized spacial score (nSPS) is 10.6. The van der Waals surface area contributed by atoms with Crippen molar-refractivity contribution in [2.75, 3.05) is 12.4 Å². The summed E-state index contributed by atoms with van der Waals surface area (Å²) in [6.07, 6.45) is 1.18. The van der Waals surface area contributed by atoms with Gasteiger partial charge in [-0.3, -0.25) is 9.59 Å². The smallest absolute Gasteiger partial charge is 0.240 e. The minimum atomic E-state index is -0.543. The Labute approximate surface area is 168 Å². The molecule has 9 heteroatoms. The summed E-state index contributed by atoms with van der Waals surface area (Å²) in [6, 6.07) is 9.01. The summed E-state index contributed by atoms with van der Waals surface area (Å²) in [7, 11) is 1.43. The van der Waals surface area contributed by atoms with E-state index in [1.165, 1.54) is 31.5 Å². The van der Waals surface area contributed by atoms with Crippen LogP contribution in [0.15, 0.2) is 41.5 Å². The lowest BCUT2D eigenvalue weighted by atomic mass is 10.2. The van der Waals surface area contributed by atoms with Crippen LogP contribution in [0.2, 0.25) is 0 Å². The van der Waals surface area contributed by atoms with Crippen molar-refractivity contribution in [3.8, 4) is 11.5 Å². The molecular formula is C18H17FIN3O4. The maximum absolute atomic E-state index is 13.4. The van der Waals surface area contributed by atoms with Crippen molar-refractivity contribution in [1.82, 2.24) is 5.43 Å². The number of benzene rings is 2. The summed E-state index contributed by atoms with van der Waals surface area (Å²) in [5.74, 6) is -1.16. The van der Waals surface area contributed by atoms with Crippen LogP contribution in [0.3, 0.4) is 0 Å². The Morgan fingerprint density at radius 3 is 2.67 bits per heavy atom. The second-order valence-corrected chi connectivity index (χ2v) is 6.54. The van der Waals surface area contributed by atoms with Gasteiger partial charge in [0.1, 0.15) is 5.82 Å². The maximum atomic E-state index is 13.4. The molecule has 0 atom stereocenters. The van der Waals surface area contributed by atoms with E-state index in [1.807, 2.05) is 22.6 Å². The summed E-state index contributed by atoms with van der Waals surface area (Å²) in [5.41, 5.74) is 2.99. The SMILES string of the molecule is COc1cc(/C=N/NC(=O)CCC(=O)Nc2ccccc2F)cc(I)c1O. The van der Waals surface area contributed by atoms with E-state index in [9.17, 15) is 19.1 Å². The molecule has 0 unspecified atom stereocenters. The van der Waals surface area contributed by atoms with Gasteiger partial charge in [0.2, 0.25) is 11.8 Å². The predicted molar refractivity (Wildman–Crippen MR) is 107 cm³/mol. The van der Waals surface area contributed by atoms with Gasteiger partial charge in [-0.2, -0.15) is 5.10 Å². The number of nitrogens with zero attached hydrogens (tertiary/aromatic N) is 1. The van der Waals surface area contributed by atoms with Gasteiger partial charge in [-0.05, 0) is 52.4 Å². The highest BCUT2D eigenvalue weighted by Gasteiger charge is 2.10. The molecule has 2 rings (SSSR count). The molecule has 0 aliphatic rings. The third-order valence-corrected chi connectivity index (χ3v) is 4.22. The van der Waals surface area contributed by atoms with E-state index in [4.69, 9.17) is 4.74 Å². The first-order valence-corrected chi connectivity index (χ1v) is 8.91. The number of phenolic OH excluding ortho intramolecular Hbond substituents is 1. The molecule has 2 aromatic rings. The van der Waals surface area contributed by atoms with Crippen LogP contribution in [-0.2, 0) is 9.59 Å². The lowest BCUT2D eigenvalue weighted by molar-refractivity contribution is -0.124. The minimum Gasteiger partial charge on any atom is -0.504 e. The highest BCUT2D eigenvalue weighted by molar-refractivity contribution is 14.1. The fourth-order valence-corrected chi connectivity index (χ4v) is 2.69. The summed E-state index contributed by atoms with van der Waals surface area (Å²) in [5, 5.41) is 16.0. The largest absolute Gasteiger partial charge is 0.504 e. The van der Waals surface area contributed by atoms with E-state index in [-0.39, 0.29) is 24.3 Å². The van der Waals surface area contributed by atoms with E-state index in [1.54, 1.807) is 18.2 Å². The van der Waals surface area contributed by atoms with Crippen molar-refractivity contribution >= 4 is 46.3 Å². The molecule has 0 saturated heterocycles. The van der Waals surface area contributed by atoms with Crippen molar-refractivity contribution in [1.29, 1.82) is 0 Å². The molecule has 2 amide bonds. The molecule has 0 spiro atoms. The number of phenols is 1. The second-order valence-electron chi connectivity index (χ2n) is 5.37. The fourth-order valence-electron chi connectivity index (χ4n) is 2.06. The number of ether oxygens (including phenoxy) is 1. The molecule has 3 N–H and O–H groups in total. The summed E-state index contributed by atoms with van der Waals surface area (Å²) >= 11 is 1.95. The number of rotatable bonds is 7. The molecule has 0 bridgehead atoms. The number of anilines is 1. The predicted octanol–water partition coefficient (Wildman–Crippen LogP) is 3.01. The standard InChI is InChI=1S/C18H17FIN3O4/c1-27-15-9-11(8-13(20)18(15)26)10-21-23-17(25)7-6-16(24)22-14-5-3-2-4-12(14)19/h2-5,8-10,26H,6-7H2,1H3,(H,22,24)(H,23,25)/b21-10+. The number of hydrazone groups is 1. The monoisotopic (exact) mass is 485 g/mol. The molecule has 0 radical (unpaired) electrons. The van der Waals surface area contributed by atoms with Crippen LogP contribution in [0.25, 0.3) is 0 Å². The average Bonchev–Trinajstić information content (AvgIpc) is 2.64. The molecular weight excluding hydrogens is 468 g/mol. The third kappa shape index (κ3) is 6.20. The van der Waals surface area contributed by atoms with E-state index in [0.29, 0.717) is 14.9 Å². The van der Waals surface area contributed by atoms with E-state index in [2.05, 4.69) is 15.8 Å². The van der Waals surface area contributed by atoms with Gasteiger partial charge in [0.25, 0.3) is 0 Å². The van der Waals surface area contributed by atoms with Crippen LogP contribution >= 0.6 is 22.6 Å². The minimum absolute atomic E-state index is 0.0279. The number of hydrogen-bond donors (Lipinski definition) is 3. The summed E-state index contributed by atoms with van der Waals surface area (Å²) < 4.78 is 19.1. The van der Waals surface area contributed by atoms with Gasteiger partial charge < -0.3 is 15.2 Å². The van der Waals surface area contributed by atoms with Gasteiger partial charge in [-0.15, -0.1) is 0 Å². The first-order chi connectivity index (χ1) is 12.9. The first-order valence-electron chi connectivity index (χ1n) is 7.83. The van der Waals surface area contributed by atoms with Crippen molar-refractivity contribution in [3.63, 3.8) is 0 Å². The van der Waals surface area contributed by atoms with Crippen LogP contribution in [0.4, 0.5) is 10.1 Å². The third-order valence-electron chi connectivity index (χ3n) is 3.40. The van der Waals surface area contributed by atoms with Crippen molar-refractivity contribution < 1.29 is 23.8 Å². The molecule has 0 aliphatic carbocycles. The highest BCUT2D eigenvalue weighted by atomic mass is 127. The highest BCUT2D eigenvalue weighted by Crippen LogP contribution is 2.31. The van der Waals surface area contributed by atoms with E-state index >= 15 is 0 Å². The van der Waals surface area contributed by atoms with Crippen LogP contribution in [0.5, 0.6) is 11.5 Å². The summed E-state index contributed by atoms with van der Waals surface area (Å²) in [6.45, 7) is 0. The molecule has 0 aromatic heterocycles. The molecule has 2 aromatic carbocycles. The van der Waals surface area contributed by atoms with Gasteiger partial charge in [0.05, 0.1) is 22.6 Å². The first kappa shape index (κ1) is 20.6. The van der Waals surface area contributed by atoms with Crippen LogP contribution in [0, 0.1) is 9.39 Å². The van der Waals surface area contributed by atoms with Gasteiger partial charge in [-0.1, -0.05) is 12.1 Å². The maximum Gasteiger partial charge on any atom is 0.240 e. The Hall–Kier alpha value is -2.69. The zero-order chi connectivity index (χ0) is 19.8. The Balaban J connectivity index is 1.82. The van der Waals surface area contributed by atoms with Gasteiger partial charge in [0, 0.05) is 12.8 Å². The van der Waals surface area contributed by atoms with Crippen LogP contribution < -0.4 is 15.5 Å². The Kier molecular flexibility index (Phi) is 7.53. The lowest BCUT2D eigenvalue weighted by Gasteiger charge is -2.06. The number of methoxy groups -OCH3 is 1. The number of para-hydroxylation sites is 1. The number of aromatic hydroxyl groups is 1. The molecule has 7 nitrogen and oxygen atoms in total. The number of carbonyl (C=O) groups excluding carboxylic acids is 2. The molecule has 142 valence electrons. The molecule has 0 heterocycles.